The molecule has 0 spiro atoms. The van der Waals surface area contributed by atoms with E-state index in [1.165, 1.54) is 23.5 Å². The highest BCUT2D eigenvalue weighted by Gasteiger charge is 2.15. The van der Waals surface area contributed by atoms with E-state index in [1.807, 2.05) is 54.6 Å². The number of non-ortho nitro benzene ring substituents is 1. The van der Waals surface area contributed by atoms with E-state index in [1.54, 1.807) is 18.3 Å². The van der Waals surface area contributed by atoms with Crippen molar-refractivity contribution >= 4 is 44.3 Å². The Morgan fingerprint density at radius 1 is 0.966 bits per heavy atom. The van der Waals surface area contributed by atoms with Gasteiger partial charge in [0.25, 0.3) is 5.69 Å². The van der Waals surface area contributed by atoms with E-state index < -0.39 is 4.92 Å². The summed E-state index contributed by atoms with van der Waals surface area (Å²) in [6.07, 6.45) is 1.78. The second-order valence-electron chi connectivity index (χ2n) is 6.16. The molecule has 4 rings (SSSR count). The van der Waals surface area contributed by atoms with E-state index in [9.17, 15) is 10.1 Å². The largest absolute Gasteiger partial charge is 0.269 e. The Morgan fingerprint density at radius 2 is 1.72 bits per heavy atom. The molecule has 0 aliphatic carbocycles. The molecule has 0 fully saturated rings. The molecule has 0 unspecified atom stereocenters. The monoisotopic (exact) mass is 463 g/mol. The molecule has 0 aliphatic rings. The van der Waals surface area contributed by atoms with Crippen LogP contribution in [0.15, 0.2) is 88.3 Å². The van der Waals surface area contributed by atoms with Gasteiger partial charge in [-0.25, -0.2) is 9.98 Å². The lowest BCUT2D eigenvalue weighted by Gasteiger charge is -2.02. The number of benzene rings is 3. The van der Waals surface area contributed by atoms with Gasteiger partial charge in [0.05, 0.1) is 15.5 Å². The Balaban J connectivity index is 1.76. The van der Waals surface area contributed by atoms with Crippen LogP contribution < -0.4 is 0 Å². The fraction of sp³-hybridized carbons (Fsp3) is 0. The zero-order valence-electron chi connectivity index (χ0n) is 15.0. The van der Waals surface area contributed by atoms with Gasteiger partial charge in [-0.15, -0.1) is 0 Å². The Kier molecular flexibility index (Phi) is 5.59. The first kappa shape index (κ1) is 19.2. The third-order valence-corrected chi connectivity index (χ3v) is 5.68. The summed E-state index contributed by atoms with van der Waals surface area (Å²) in [6, 6.07) is 24.2. The molecule has 4 aromatic rings. The molecule has 0 radical (unpaired) electrons. The molecule has 5 nitrogen and oxygen atoms in total. The van der Waals surface area contributed by atoms with Crippen molar-refractivity contribution < 1.29 is 4.92 Å². The minimum absolute atomic E-state index is 0.0624. The average molecular weight is 464 g/mol. The highest BCUT2D eigenvalue weighted by molar-refractivity contribution is 9.10. The second-order valence-corrected chi connectivity index (χ2v) is 8.05. The maximum Gasteiger partial charge on any atom is 0.269 e. The summed E-state index contributed by atoms with van der Waals surface area (Å²) in [6.45, 7) is 0. The normalized spacial score (nSPS) is 11.1. The third-order valence-electron chi connectivity index (χ3n) is 4.18. The fourth-order valence-electron chi connectivity index (χ4n) is 2.80. The third kappa shape index (κ3) is 4.47. The van der Waals surface area contributed by atoms with Crippen LogP contribution >= 0.6 is 27.3 Å². The molecule has 29 heavy (non-hydrogen) atoms. The van der Waals surface area contributed by atoms with Crippen molar-refractivity contribution in [3.05, 3.63) is 99.0 Å². The minimum Gasteiger partial charge on any atom is -0.258 e. The Hall–Kier alpha value is -3.16. The zero-order valence-corrected chi connectivity index (χ0v) is 17.4. The summed E-state index contributed by atoms with van der Waals surface area (Å²) in [5.74, 6) is 0. The SMILES string of the molecule is O=[N+]([O-])c1ccc(-c2sc(N=Cc3cccc(Br)c3)nc2-c2ccccc2)cc1. The van der Waals surface area contributed by atoms with Crippen molar-refractivity contribution in [3.8, 4) is 21.7 Å². The van der Waals surface area contributed by atoms with Crippen LogP contribution in [0.1, 0.15) is 5.56 Å². The van der Waals surface area contributed by atoms with Crippen LogP contribution in [-0.4, -0.2) is 16.1 Å². The Bertz CT molecular complexity index is 1190. The van der Waals surface area contributed by atoms with E-state index in [4.69, 9.17) is 4.98 Å². The molecule has 0 atom stereocenters. The highest BCUT2D eigenvalue weighted by Crippen LogP contribution is 2.40. The topological polar surface area (TPSA) is 68.4 Å². The van der Waals surface area contributed by atoms with Gasteiger partial charge in [0.2, 0.25) is 5.13 Å². The number of nitro groups is 1. The van der Waals surface area contributed by atoms with Crippen LogP contribution in [0.5, 0.6) is 0 Å². The van der Waals surface area contributed by atoms with Crippen LogP contribution in [0, 0.1) is 10.1 Å². The van der Waals surface area contributed by atoms with Crippen molar-refractivity contribution in [2.75, 3.05) is 0 Å². The summed E-state index contributed by atoms with van der Waals surface area (Å²) in [5, 5.41) is 11.6. The summed E-state index contributed by atoms with van der Waals surface area (Å²) in [4.78, 5) is 20.8. The van der Waals surface area contributed by atoms with Crippen molar-refractivity contribution in [2.24, 2.45) is 4.99 Å². The van der Waals surface area contributed by atoms with Gasteiger partial charge in [0, 0.05) is 28.4 Å². The predicted octanol–water partition coefficient (Wildman–Crippen LogP) is 6.90. The molecular weight excluding hydrogens is 450 g/mol. The van der Waals surface area contributed by atoms with Gasteiger partial charge in [-0.05, 0) is 35.4 Å². The summed E-state index contributed by atoms with van der Waals surface area (Å²) < 4.78 is 0.983. The van der Waals surface area contributed by atoms with Crippen molar-refractivity contribution in [2.45, 2.75) is 0 Å². The number of aliphatic imine (C=N–C) groups is 1. The van der Waals surface area contributed by atoms with Gasteiger partial charge in [-0.2, -0.15) is 0 Å². The number of thiazole rings is 1. The number of nitro benzene ring substituents is 1. The fourth-order valence-corrected chi connectivity index (χ4v) is 4.16. The lowest BCUT2D eigenvalue weighted by molar-refractivity contribution is -0.384. The number of rotatable bonds is 5. The first-order valence-corrected chi connectivity index (χ1v) is 10.3. The Morgan fingerprint density at radius 3 is 2.41 bits per heavy atom. The quantitative estimate of drug-likeness (QED) is 0.183. The minimum atomic E-state index is -0.401. The lowest BCUT2D eigenvalue weighted by atomic mass is 10.1. The van der Waals surface area contributed by atoms with Gasteiger partial charge in [0.1, 0.15) is 0 Å². The van der Waals surface area contributed by atoms with Crippen LogP contribution in [0.25, 0.3) is 21.7 Å². The highest BCUT2D eigenvalue weighted by atomic mass is 79.9. The zero-order chi connectivity index (χ0) is 20.2. The van der Waals surface area contributed by atoms with Crippen LogP contribution in [0.2, 0.25) is 0 Å². The number of halogens is 1. The van der Waals surface area contributed by atoms with E-state index in [0.717, 1.165) is 31.7 Å². The molecule has 0 N–H and O–H groups in total. The van der Waals surface area contributed by atoms with Gasteiger partial charge in [-0.1, -0.05) is 69.7 Å². The summed E-state index contributed by atoms with van der Waals surface area (Å²) >= 11 is 4.91. The molecule has 0 bridgehead atoms. The standard InChI is InChI=1S/C22H14BrN3O2S/c23-18-8-4-5-15(13-18)14-24-22-25-20(16-6-2-1-3-7-16)21(29-22)17-9-11-19(12-10-17)26(27)28/h1-14H. The number of nitrogens with zero attached hydrogens (tertiary/aromatic N) is 3. The molecule has 0 saturated carbocycles. The molecule has 142 valence electrons. The van der Waals surface area contributed by atoms with Crippen molar-refractivity contribution in [1.29, 1.82) is 0 Å². The first-order chi connectivity index (χ1) is 14.1. The smallest absolute Gasteiger partial charge is 0.258 e. The van der Waals surface area contributed by atoms with Gasteiger partial charge < -0.3 is 0 Å². The predicted molar refractivity (Wildman–Crippen MR) is 121 cm³/mol. The van der Waals surface area contributed by atoms with Gasteiger partial charge in [0.15, 0.2) is 0 Å². The molecule has 1 heterocycles. The maximum absolute atomic E-state index is 11.0. The van der Waals surface area contributed by atoms with E-state index >= 15 is 0 Å². The van der Waals surface area contributed by atoms with Crippen molar-refractivity contribution in [3.63, 3.8) is 0 Å². The number of aromatic nitrogens is 1. The molecule has 1 aromatic heterocycles. The average Bonchev–Trinajstić information content (AvgIpc) is 3.17. The first-order valence-electron chi connectivity index (χ1n) is 8.71. The van der Waals surface area contributed by atoms with E-state index in [0.29, 0.717) is 5.13 Å². The van der Waals surface area contributed by atoms with Crippen molar-refractivity contribution in [1.82, 2.24) is 4.98 Å². The van der Waals surface area contributed by atoms with Gasteiger partial charge >= 0.3 is 0 Å². The lowest BCUT2D eigenvalue weighted by Crippen LogP contribution is -1.87. The second kappa shape index (κ2) is 8.46. The molecule has 7 heteroatoms. The molecule has 0 amide bonds. The van der Waals surface area contributed by atoms with E-state index in [2.05, 4.69) is 20.9 Å². The Labute approximate surface area is 179 Å². The number of hydrogen-bond acceptors (Lipinski definition) is 5. The van der Waals surface area contributed by atoms with E-state index in [-0.39, 0.29) is 5.69 Å². The number of hydrogen-bond donors (Lipinski definition) is 0. The maximum atomic E-state index is 11.0. The summed E-state index contributed by atoms with van der Waals surface area (Å²) in [5.41, 5.74) is 3.68. The molecule has 0 saturated heterocycles. The van der Waals surface area contributed by atoms with Crippen LogP contribution in [-0.2, 0) is 0 Å². The molecule has 0 aliphatic heterocycles. The summed E-state index contributed by atoms with van der Waals surface area (Å²) in [7, 11) is 0. The van der Waals surface area contributed by atoms with Crippen LogP contribution in [0.4, 0.5) is 10.8 Å². The molecular formula is C22H14BrN3O2S. The van der Waals surface area contributed by atoms with Crippen LogP contribution in [0.3, 0.4) is 0 Å². The molecule has 3 aromatic carbocycles. The van der Waals surface area contributed by atoms with Gasteiger partial charge in [-0.3, -0.25) is 10.1 Å².